The quantitative estimate of drug-likeness (QED) is 0.0637. The van der Waals surface area contributed by atoms with E-state index in [0.717, 1.165) is 37.6 Å². The van der Waals surface area contributed by atoms with Crippen LogP contribution in [0.15, 0.2) is 80.2 Å². The van der Waals surface area contributed by atoms with Gasteiger partial charge < -0.3 is 60.9 Å². The number of hydrogen-bond acceptors (Lipinski definition) is 25. The van der Waals surface area contributed by atoms with Crippen LogP contribution in [0.3, 0.4) is 0 Å². The van der Waals surface area contributed by atoms with Crippen LogP contribution in [0.5, 0.6) is 0 Å². The summed E-state index contributed by atoms with van der Waals surface area (Å²) in [4.78, 5) is 71.8. The van der Waals surface area contributed by atoms with Gasteiger partial charge in [0, 0.05) is 66.0 Å². The Bertz CT molecular complexity index is 3390. The average molecular weight is 1080 g/mol. The van der Waals surface area contributed by atoms with Crippen molar-refractivity contribution in [3.63, 3.8) is 0 Å². The minimum absolute atomic E-state index is 0.0201. The predicted octanol–water partition coefficient (Wildman–Crippen LogP) is 5.32. The minimum Gasteiger partial charge on any atom is -0.461 e. The fourth-order valence-electron chi connectivity index (χ4n) is 6.46. The number of morpholine rings is 1. The number of carbonyl (C=O) groups is 1. The predicted molar refractivity (Wildman–Crippen MR) is 281 cm³/mol. The van der Waals surface area contributed by atoms with Gasteiger partial charge in [-0.2, -0.15) is 0 Å². The second-order valence-corrected chi connectivity index (χ2v) is 18.8. The zero-order valence-electron chi connectivity index (χ0n) is 38.6. The van der Waals surface area contributed by atoms with Gasteiger partial charge in [-0.05, 0) is 25.1 Å². The number of anilines is 7. The summed E-state index contributed by atoms with van der Waals surface area (Å²) in [6.45, 7) is 5.00. The molecule has 10 rings (SSSR count). The third-order valence-corrected chi connectivity index (χ3v) is 13.1. The molecule has 1 saturated heterocycles. The molecule has 8 aromatic heterocycles. The molecule has 0 bridgehead atoms. The first-order chi connectivity index (χ1) is 34.8. The lowest BCUT2D eigenvalue weighted by Gasteiger charge is -2.28. The van der Waals surface area contributed by atoms with E-state index in [1.807, 2.05) is 18.2 Å². The van der Waals surface area contributed by atoms with Crippen molar-refractivity contribution >= 4 is 123 Å². The monoisotopic (exact) mass is 1080 g/mol. The Kier molecular flexibility index (Phi) is 18.2. The molecular formula is C44H46ClN15O8S4. The third kappa shape index (κ3) is 13.5. The molecular weight excluding hydrogens is 1030 g/mol. The normalized spacial score (nSPS) is 12.0. The largest absolute Gasteiger partial charge is 0.461 e. The van der Waals surface area contributed by atoms with Crippen LogP contribution < -0.4 is 38.1 Å². The number of esters is 1. The number of aliphatic hydroxyl groups is 3. The number of carbonyl (C=O) groups excluding carboxylic acids is 1. The molecule has 0 aliphatic carbocycles. The molecule has 72 heavy (non-hydrogen) atoms. The molecule has 9 aromatic rings. The number of aliphatic hydroxyl groups excluding tert-OH is 3. The number of halogens is 1. The standard InChI is InChI=1S/C22H22N6O3S.C12H10ClN5O2S.C6H8N2O2S.C4H6N2OS/c1-27-13-23-18-10-17(14-2-4-16(5-3-14)28-6-8-31-9-7-28)25-20(19(18)21(27)30)26-22-24-15(11-29)12-32-22;1-18-5-14-7-2-8(13)16-10(9(7)11(18)20)17-12-15-6(3-19)4-21-12;1-2-10-5(9)4-3-11-6(7)8-4;5-4-6-3(1-7)2-8-4/h2-5,10,12-13,29H,6-9,11H2,1H3,(H,24,25,26);2,4-5,19H,3H2,1H3,(H,15,16,17);3H,2H2,1H3,(H2,7,8);2,7H,1H2,(H2,5,6). The van der Waals surface area contributed by atoms with Gasteiger partial charge in [-0.25, -0.2) is 44.7 Å². The Morgan fingerprint density at radius 2 is 1.24 bits per heavy atom. The Morgan fingerprint density at radius 3 is 1.72 bits per heavy atom. The summed E-state index contributed by atoms with van der Waals surface area (Å²) < 4.78 is 12.9. The van der Waals surface area contributed by atoms with Crippen LogP contribution >= 0.6 is 56.9 Å². The Balaban J connectivity index is 0.000000161. The van der Waals surface area contributed by atoms with Gasteiger partial charge in [-0.3, -0.25) is 9.59 Å². The van der Waals surface area contributed by atoms with E-state index in [4.69, 9.17) is 47.7 Å². The van der Waals surface area contributed by atoms with Crippen LogP contribution in [-0.2, 0) is 43.4 Å². The molecule has 1 fully saturated rings. The first-order valence-corrected chi connectivity index (χ1v) is 25.3. The first-order valence-electron chi connectivity index (χ1n) is 21.4. The number of pyridine rings is 2. The van der Waals surface area contributed by atoms with Crippen molar-refractivity contribution in [3.8, 4) is 11.3 Å². The molecule has 1 aliphatic heterocycles. The van der Waals surface area contributed by atoms with Crippen molar-refractivity contribution < 1.29 is 29.6 Å². The van der Waals surface area contributed by atoms with Crippen molar-refractivity contribution in [3.05, 3.63) is 119 Å². The number of ether oxygens (including phenoxy) is 2. The maximum absolute atomic E-state index is 12.8. The van der Waals surface area contributed by atoms with E-state index < -0.39 is 5.97 Å². The van der Waals surface area contributed by atoms with Crippen molar-refractivity contribution in [2.75, 3.05) is 59.9 Å². The SMILES string of the molecule is CCOC(=O)c1csc(N)n1.Cn1cnc2cc(-c3ccc(N4CCOCC4)cc3)nc(Nc3nc(CO)cs3)c2c1=O.Cn1cnc2cc(Cl)nc(Nc3nc(CO)cs3)c2c1=O.Nc1nc(CO)cs1. The number of fused-ring (bicyclic) bond motifs is 2. The molecule has 9 N–H and O–H groups in total. The number of nitrogen functional groups attached to an aromatic ring is 2. The van der Waals surface area contributed by atoms with E-state index in [1.165, 1.54) is 73.2 Å². The number of aryl methyl sites for hydroxylation is 2. The van der Waals surface area contributed by atoms with E-state index in [-0.39, 0.29) is 41.8 Å². The second kappa shape index (κ2) is 24.8. The molecule has 0 saturated carbocycles. The topological polar surface area (TPSA) is 323 Å². The van der Waals surface area contributed by atoms with Crippen LogP contribution in [0.2, 0.25) is 5.15 Å². The van der Waals surface area contributed by atoms with Gasteiger partial charge in [0.05, 0.1) is 86.1 Å². The molecule has 23 nitrogen and oxygen atoms in total. The maximum Gasteiger partial charge on any atom is 0.357 e. The van der Waals surface area contributed by atoms with E-state index in [0.29, 0.717) is 83.4 Å². The summed E-state index contributed by atoms with van der Waals surface area (Å²) in [5, 5.41) is 42.6. The fourth-order valence-corrected chi connectivity index (χ4v) is 9.14. The van der Waals surface area contributed by atoms with Crippen LogP contribution in [0, 0.1) is 0 Å². The first kappa shape index (κ1) is 52.7. The number of benzene rings is 1. The Hall–Kier alpha value is -7.08. The van der Waals surface area contributed by atoms with Crippen LogP contribution in [-0.4, -0.2) is 103 Å². The molecule has 376 valence electrons. The summed E-state index contributed by atoms with van der Waals surface area (Å²) in [6.07, 6.45) is 2.94. The Labute approximate surface area is 430 Å². The molecule has 28 heteroatoms. The second-order valence-electron chi connectivity index (χ2n) is 14.9. The van der Waals surface area contributed by atoms with Gasteiger partial charge >= 0.3 is 5.97 Å². The molecule has 9 heterocycles. The fraction of sp³-hybridized carbons (Fsp3) is 0.250. The van der Waals surface area contributed by atoms with Crippen molar-refractivity contribution in [1.82, 2.24) is 49.0 Å². The lowest BCUT2D eigenvalue weighted by atomic mass is 10.1. The van der Waals surface area contributed by atoms with Crippen LogP contribution in [0.25, 0.3) is 33.1 Å². The van der Waals surface area contributed by atoms with Gasteiger partial charge in [-0.15, -0.1) is 45.3 Å². The van der Waals surface area contributed by atoms with Crippen molar-refractivity contribution in [1.29, 1.82) is 0 Å². The number of nitrogens with one attached hydrogen (secondary N) is 2. The summed E-state index contributed by atoms with van der Waals surface area (Å²) in [6, 6.07) is 11.6. The van der Waals surface area contributed by atoms with E-state index >= 15 is 0 Å². The Morgan fingerprint density at radius 1 is 0.722 bits per heavy atom. The third-order valence-electron chi connectivity index (χ3n) is 9.93. The van der Waals surface area contributed by atoms with Crippen molar-refractivity contribution in [2.45, 2.75) is 26.7 Å². The molecule has 0 amide bonds. The van der Waals surface area contributed by atoms with Gasteiger partial charge in [0.1, 0.15) is 27.6 Å². The highest BCUT2D eigenvalue weighted by atomic mass is 35.5. The van der Waals surface area contributed by atoms with Gasteiger partial charge in [-0.1, -0.05) is 23.7 Å². The zero-order chi connectivity index (χ0) is 51.3. The summed E-state index contributed by atoms with van der Waals surface area (Å²) in [5.41, 5.74) is 15.9. The van der Waals surface area contributed by atoms with E-state index in [2.05, 4.69) is 62.6 Å². The smallest absolute Gasteiger partial charge is 0.357 e. The van der Waals surface area contributed by atoms with Crippen LogP contribution in [0.4, 0.5) is 37.8 Å². The summed E-state index contributed by atoms with van der Waals surface area (Å²) in [5.74, 6) is 0.271. The van der Waals surface area contributed by atoms with Gasteiger partial charge in [0.15, 0.2) is 26.2 Å². The minimum atomic E-state index is -0.416. The highest BCUT2D eigenvalue weighted by Gasteiger charge is 2.17. The lowest BCUT2D eigenvalue weighted by Crippen LogP contribution is -2.36. The number of nitrogens with two attached hydrogens (primary N) is 2. The van der Waals surface area contributed by atoms with E-state index in [1.54, 1.807) is 42.5 Å². The molecule has 0 atom stereocenters. The highest BCUT2D eigenvalue weighted by molar-refractivity contribution is 7.14. The maximum atomic E-state index is 12.8. The number of nitrogens with zero attached hydrogens (tertiary/aromatic N) is 11. The molecule has 0 unspecified atom stereocenters. The van der Waals surface area contributed by atoms with E-state index in [9.17, 15) is 19.5 Å². The molecule has 0 radical (unpaired) electrons. The molecule has 1 aliphatic rings. The number of thiazole rings is 4. The van der Waals surface area contributed by atoms with Crippen LogP contribution in [0.1, 0.15) is 34.5 Å². The van der Waals surface area contributed by atoms with Crippen molar-refractivity contribution in [2.24, 2.45) is 14.1 Å². The zero-order valence-corrected chi connectivity index (χ0v) is 42.6. The average Bonchev–Trinajstić information content (AvgIpc) is 4.24. The van der Waals surface area contributed by atoms with Gasteiger partial charge in [0.2, 0.25) is 0 Å². The molecule has 0 spiro atoms. The summed E-state index contributed by atoms with van der Waals surface area (Å²) in [7, 11) is 3.27. The number of aromatic nitrogens is 10. The summed E-state index contributed by atoms with van der Waals surface area (Å²) >= 11 is 11.2. The number of hydrogen-bond donors (Lipinski definition) is 7. The number of rotatable bonds is 11. The lowest BCUT2D eigenvalue weighted by molar-refractivity contribution is 0.0520. The highest BCUT2D eigenvalue weighted by Crippen LogP contribution is 2.30. The molecule has 1 aromatic carbocycles. The van der Waals surface area contributed by atoms with Gasteiger partial charge in [0.25, 0.3) is 11.1 Å².